The van der Waals surface area contributed by atoms with Crippen molar-refractivity contribution in [1.29, 1.82) is 0 Å². The zero-order valence-corrected chi connectivity index (χ0v) is 21.9. The van der Waals surface area contributed by atoms with Crippen LogP contribution in [-0.2, 0) is 16.8 Å². The van der Waals surface area contributed by atoms with Crippen LogP contribution in [0.5, 0.6) is 11.5 Å². The number of aromatic nitrogens is 3. The topological polar surface area (TPSA) is 128 Å². The molecule has 0 atom stereocenters. The number of benzene rings is 1. The molecule has 180 valence electrons. The van der Waals surface area contributed by atoms with Crippen LogP contribution in [0.15, 0.2) is 82.4 Å². The number of para-hydroxylation sites is 2. The molecule has 1 aromatic carbocycles. The number of pyridine rings is 1. The van der Waals surface area contributed by atoms with Crippen LogP contribution in [-0.4, -0.2) is 37.9 Å². The first-order valence-corrected chi connectivity index (χ1v) is 13.9. The Kier molecular flexibility index (Phi) is 8.21. The van der Waals surface area contributed by atoms with Crippen molar-refractivity contribution in [1.82, 2.24) is 25.0 Å². The van der Waals surface area contributed by atoms with Gasteiger partial charge in [0.1, 0.15) is 5.70 Å². The number of allylic oxidation sites excluding steroid dienone is 1. The van der Waals surface area contributed by atoms with Crippen LogP contribution in [0.25, 0.3) is 5.70 Å². The lowest BCUT2D eigenvalue weighted by Gasteiger charge is -2.14. The molecule has 3 aromatic rings. The summed E-state index contributed by atoms with van der Waals surface area (Å²) in [5, 5.41) is 2.96. The summed E-state index contributed by atoms with van der Waals surface area (Å²) in [6.45, 7) is -0.0284. The van der Waals surface area contributed by atoms with Crippen molar-refractivity contribution in [2.75, 3.05) is 7.11 Å². The Hall–Kier alpha value is -3.16. The van der Waals surface area contributed by atoms with Gasteiger partial charge in [0.15, 0.2) is 32.0 Å². The molecule has 0 saturated carbocycles. The summed E-state index contributed by atoms with van der Waals surface area (Å²) in [4.78, 5) is 12.5. The molecule has 35 heavy (non-hydrogen) atoms. The first-order chi connectivity index (χ1) is 16.9. The van der Waals surface area contributed by atoms with Crippen LogP contribution in [0.2, 0.25) is 0 Å². The first kappa shape index (κ1) is 24.9. The Morgan fingerprint density at radius 3 is 2.49 bits per heavy atom. The highest BCUT2D eigenvalue weighted by Gasteiger charge is 2.23. The minimum atomic E-state index is -4.13. The lowest BCUT2D eigenvalue weighted by molar-refractivity contribution is 0.370. The van der Waals surface area contributed by atoms with Gasteiger partial charge in [-0.25, -0.2) is 9.97 Å². The van der Waals surface area contributed by atoms with Gasteiger partial charge in [-0.05, 0) is 51.1 Å². The predicted molar refractivity (Wildman–Crippen MR) is 142 cm³/mol. The van der Waals surface area contributed by atoms with E-state index in [0.29, 0.717) is 28.7 Å². The molecule has 0 radical (unpaired) electrons. The van der Waals surface area contributed by atoms with E-state index in [1.165, 1.54) is 7.11 Å². The molecule has 0 amide bonds. The molecular weight excluding hydrogens is 607 g/mol. The zero-order chi connectivity index (χ0) is 24.7. The van der Waals surface area contributed by atoms with Crippen molar-refractivity contribution >= 4 is 55.6 Å². The van der Waals surface area contributed by atoms with Gasteiger partial charge < -0.3 is 14.8 Å². The third kappa shape index (κ3) is 6.71. The molecule has 1 aliphatic rings. The van der Waals surface area contributed by atoms with E-state index in [2.05, 4.69) is 33.1 Å². The third-order valence-corrected chi connectivity index (χ3v) is 7.86. The van der Waals surface area contributed by atoms with Gasteiger partial charge in [0.05, 0.1) is 19.3 Å². The Balaban J connectivity index is 1.74. The lowest BCUT2D eigenvalue weighted by atomic mass is 10.3. The molecule has 4 rings (SSSR count). The van der Waals surface area contributed by atoms with Crippen LogP contribution in [0.3, 0.4) is 0 Å². The number of rotatable bonds is 8. The van der Waals surface area contributed by atoms with Gasteiger partial charge in [-0.15, -0.1) is 4.40 Å². The van der Waals surface area contributed by atoms with Crippen LogP contribution in [0, 0.1) is 0 Å². The van der Waals surface area contributed by atoms with E-state index in [0.717, 1.165) is 0 Å². The Labute approximate surface area is 216 Å². The van der Waals surface area contributed by atoms with E-state index < -0.39 is 30.9 Å². The summed E-state index contributed by atoms with van der Waals surface area (Å²) in [5.41, 5.74) is 0.941. The van der Waals surface area contributed by atoms with Crippen molar-refractivity contribution in [3.05, 3.63) is 89.6 Å². The van der Waals surface area contributed by atoms with Crippen molar-refractivity contribution in [3.63, 3.8) is 0 Å². The summed E-state index contributed by atoms with van der Waals surface area (Å²) < 4.78 is 46.7. The van der Waals surface area contributed by atoms with Crippen molar-refractivity contribution < 1.29 is 17.9 Å². The number of hydrogen-bond acceptors (Lipinski definition) is 8. The van der Waals surface area contributed by atoms with Crippen molar-refractivity contribution in [3.8, 4) is 11.5 Å². The van der Waals surface area contributed by atoms with Gasteiger partial charge in [0, 0.05) is 18.6 Å². The van der Waals surface area contributed by atoms with Crippen LogP contribution in [0.4, 0.5) is 0 Å². The second kappa shape index (κ2) is 11.5. The second-order valence-electron chi connectivity index (χ2n) is 6.66. The summed E-state index contributed by atoms with van der Waals surface area (Å²) in [7, 11) is -2.63. The van der Waals surface area contributed by atoms with E-state index >= 15 is 0 Å². The van der Waals surface area contributed by atoms with E-state index in [9.17, 15) is 8.42 Å². The van der Waals surface area contributed by atoms with Crippen LogP contribution in [0.1, 0.15) is 11.5 Å². The average molecular weight is 625 g/mol. The first-order valence-electron chi connectivity index (χ1n) is 9.97. The van der Waals surface area contributed by atoms with E-state index in [1.54, 1.807) is 67.1 Å². The molecule has 2 aromatic heterocycles. The highest BCUT2D eigenvalue weighted by Crippen LogP contribution is 2.32. The monoisotopic (exact) mass is 624 g/mol. The SMILES string of the molecule is COc1ccccc1OC1=C(Cl)NC(c2ncccn2)=C=IC1=NS(=O)(=O)NCc1ccccn1. The molecule has 13 heteroatoms. The summed E-state index contributed by atoms with van der Waals surface area (Å²) in [5.74, 6) is 1.15. The maximum atomic E-state index is 12.8. The molecule has 10 nitrogen and oxygen atoms in total. The quantitative estimate of drug-likeness (QED) is 0.289. The highest BCUT2D eigenvalue weighted by atomic mass is 127. The maximum absolute atomic E-state index is 12.8. The minimum Gasteiger partial charge on any atom is -0.493 e. The fraction of sp³-hybridized carbons (Fsp3) is 0.0909. The predicted octanol–water partition coefficient (Wildman–Crippen LogP) is 3.12. The number of nitrogens with zero attached hydrogens (tertiary/aromatic N) is 4. The number of ether oxygens (including phenoxy) is 2. The molecule has 2 N–H and O–H groups in total. The highest BCUT2D eigenvalue weighted by molar-refractivity contribution is 14.2. The van der Waals surface area contributed by atoms with Crippen LogP contribution >= 0.6 is 32.3 Å². The van der Waals surface area contributed by atoms with Gasteiger partial charge in [0.2, 0.25) is 0 Å². The van der Waals surface area contributed by atoms with Gasteiger partial charge >= 0.3 is 10.2 Å². The van der Waals surface area contributed by atoms with Gasteiger partial charge in [-0.1, -0.05) is 33.5 Å². The number of halogens is 2. The molecular formula is C22H18ClIN6O4S. The molecule has 0 aliphatic carbocycles. The largest absolute Gasteiger partial charge is 0.493 e. The Bertz CT molecular complexity index is 1440. The van der Waals surface area contributed by atoms with Gasteiger partial charge in [-0.3, -0.25) is 4.98 Å². The second-order valence-corrected chi connectivity index (χ2v) is 10.6. The molecule has 0 bridgehead atoms. The number of methoxy groups -OCH3 is 1. The minimum absolute atomic E-state index is 0.00161. The molecule has 0 unspecified atom stereocenters. The average Bonchev–Trinajstić information content (AvgIpc) is 3.03. The maximum Gasteiger partial charge on any atom is 0.321 e. The summed E-state index contributed by atoms with van der Waals surface area (Å²) in [6, 6.07) is 13.8. The van der Waals surface area contributed by atoms with Crippen LogP contribution < -0.4 is 19.5 Å². The number of hydrogen-bond donors (Lipinski definition) is 2. The Morgan fingerprint density at radius 1 is 1.06 bits per heavy atom. The molecule has 3 heterocycles. The van der Waals surface area contributed by atoms with Gasteiger partial charge in [-0.2, -0.15) is 13.1 Å². The molecule has 0 fully saturated rings. The summed E-state index contributed by atoms with van der Waals surface area (Å²) in [6.07, 6.45) is 4.73. The van der Waals surface area contributed by atoms with Crippen molar-refractivity contribution in [2.45, 2.75) is 6.54 Å². The summed E-state index contributed by atoms with van der Waals surface area (Å²) >= 11 is 5.29. The smallest absolute Gasteiger partial charge is 0.321 e. The normalized spacial score (nSPS) is 15.0. The molecule has 0 spiro atoms. The van der Waals surface area contributed by atoms with E-state index in [-0.39, 0.29) is 21.2 Å². The van der Waals surface area contributed by atoms with E-state index in [4.69, 9.17) is 21.1 Å². The van der Waals surface area contributed by atoms with Crippen molar-refractivity contribution in [2.24, 2.45) is 4.40 Å². The molecule has 1 aliphatic heterocycles. The molecule has 0 saturated heterocycles. The zero-order valence-electron chi connectivity index (χ0n) is 18.1. The Morgan fingerprint density at radius 2 is 1.77 bits per heavy atom. The third-order valence-electron chi connectivity index (χ3n) is 4.29. The fourth-order valence-electron chi connectivity index (χ4n) is 2.71. The standard InChI is InChI=1S/C22H18ClIN6O4S/c1-33-17-8-2-3-9-18(17)34-19-20(23)29-16(22-26-11-6-12-27-22)13-24-21(19)30-35(31,32)28-14-15-7-4-5-10-25-15/h2-12,28-29H,14H2,1H3. The van der Waals surface area contributed by atoms with E-state index in [1.807, 2.05) is 0 Å². The van der Waals surface area contributed by atoms with Gasteiger partial charge in [0.25, 0.3) is 0 Å². The fourth-order valence-corrected chi connectivity index (χ4v) is 6.41. The lowest BCUT2D eigenvalue weighted by Crippen LogP contribution is -2.23. The number of nitrogens with one attached hydrogen (secondary N) is 2.